The fourth-order valence-corrected chi connectivity index (χ4v) is 2.54. The fraction of sp³-hybridized carbons (Fsp3) is 0.727. The molecule has 1 heterocycles. The molecule has 4 nitrogen and oxygen atoms in total. The van der Waals surface area contributed by atoms with E-state index in [0.29, 0.717) is 24.4 Å². The minimum absolute atomic E-state index is 0.390. The summed E-state index contributed by atoms with van der Waals surface area (Å²) in [6.07, 6.45) is 6.25. The number of piperidine rings is 1. The van der Waals surface area contributed by atoms with Crippen molar-refractivity contribution in [2.75, 3.05) is 20.2 Å². The second-order valence-electron chi connectivity index (χ2n) is 4.51. The van der Waals surface area contributed by atoms with Gasteiger partial charge in [0.05, 0.1) is 13.4 Å². The molecule has 1 aliphatic carbocycles. The zero-order valence-electron chi connectivity index (χ0n) is 8.98. The van der Waals surface area contributed by atoms with Gasteiger partial charge in [0.1, 0.15) is 0 Å². The lowest BCUT2D eigenvalue weighted by atomic mass is 9.91. The number of rotatable bonds is 2. The van der Waals surface area contributed by atoms with Crippen LogP contribution < -0.4 is 0 Å². The van der Waals surface area contributed by atoms with Gasteiger partial charge in [0.15, 0.2) is 0 Å². The molecule has 84 valence electrons. The van der Waals surface area contributed by atoms with Gasteiger partial charge < -0.3 is 14.7 Å². The van der Waals surface area contributed by atoms with Crippen LogP contribution in [0.2, 0.25) is 0 Å². The fourth-order valence-electron chi connectivity index (χ4n) is 2.54. The number of carbonyl (C=O) groups is 1. The average Bonchev–Trinajstić information content (AvgIpc) is 2.89. The Bertz CT molecular complexity index is 280. The molecule has 1 aliphatic heterocycles. The monoisotopic (exact) mass is 211 g/mol. The predicted molar refractivity (Wildman–Crippen MR) is 55.5 cm³/mol. The van der Waals surface area contributed by atoms with E-state index in [4.69, 9.17) is 9.84 Å². The first-order chi connectivity index (χ1) is 7.18. The van der Waals surface area contributed by atoms with Crippen molar-refractivity contribution in [2.24, 2.45) is 11.3 Å². The summed E-state index contributed by atoms with van der Waals surface area (Å²) in [6.45, 7) is 1.37. The van der Waals surface area contributed by atoms with Crippen LogP contribution in [0.25, 0.3) is 0 Å². The SMILES string of the molecule is CO/C=C/C1CC12CCN(C(=O)O)CC2. The maximum absolute atomic E-state index is 10.7. The smallest absolute Gasteiger partial charge is 0.407 e. The number of methoxy groups -OCH3 is 1. The molecule has 0 bridgehead atoms. The molecule has 2 rings (SSSR count). The summed E-state index contributed by atoms with van der Waals surface area (Å²) in [6, 6.07) is 0. The van der Waals surface area contributed by atoms with Crippen LogP contribution in [0.1, 0.15) is 19.3 Å². The van der Waals surface area contributed by atoms with Gasteiger partial charge in [0.25, 0.3) is 0 Å². The summed E-state index contributed by atoms with van der Waals surface area (Å²) >= 11 is 0. The molecule has 2 aliphatic rings. The first-order valence-electron chi connectivity index (χ1n) is 5.35. The van der Waals surface area contributed by atoms with E-state index in [-0.39, 0.29) is 0 Å². The Labute approximate surface area is 89.5 Å². The van der Waals surface area contributed by atoms with E-state index in [2.05, 4.69) is 6.08 Å². The second kappa shape index (κ2) is 3.76. The van der Waals surface area contributed by atoms with Crippen LogP contribution in [0, 0.1) is 11.3 Å². The van der Waals surface area contributed by atoms with Crippen molar-refractivity contribution in [1.82, 2.24) is 4.90 Å². The topological polar surface area (TPSA) is 49.8 Å². The summed E-state index contributed by atoms with van der Waals surface area (Å²) < 4.78 is 4.90. The largest absolute Gasteiger partial charge is 0.505 e. The number of nitrogens with zero attached hydrogens (tertiary/aromatic N) is 1. The molecule has 1 atom stereocenters. The molecule has 0 aromatic heterocycles. The van der Waals surface area contributed by atoms with E-state index in [1.165, 1.54) is 11.3 Å². The molecule has 1 unspecified atom stereocenters. The third kappa shape index (κ3) is 1.94. The molecule has 4 heteroatoms. The average molecular weight is 211 g/mol. The molecule has 0 aromatic rings. The highest BCUT2D eigenvalue weighted by molar-refractivity contribution is 5.65. The minimum Gasteiger partial charge on any atom is -0.505 e. The van der Waals surface area contributed by atoms with E-state index in [0.717, 1.165) is 12.8 Å². The number of amides is 1. The van der Waals surface area contributed by atoms with Crippen molar-refractivity contribution in [3.63, 3.8) is 0 Å². The highest BCUT2D eigenvalue weighted by Crippen LogP contribution is 2.59. The van der Waals surface area contributed by atoms with Crippen molar-refractivity contribution in [3.05, 3.63) is 12.3 Å². The molecular weight excluding hydrogens is 194 g/mol. The molecule has 15 heavy (non-hydrogen) atoms. The van der Waals surface area contributed by atoms with Crippen LogP contribution in [0.5, 0.6) is 0 Å². The maximum atomic E-state index is 10.7. The Morgan fingerprint density at radius 1 is 1.53 bits per heavy atom. The van der Waals surface area contributed by atoms with E-state index >= 15 is 0 Å². The lowest BCUT2D eigenvalue weighted by Crippen LogP contribution is -2.38. The van der Waals surface area contributed by atoms with Crippen molar-refractivity contribution < 1.29 is 14.6 Å². The van der Waals surface area contributed by atoms with Crippen molar-refractivity contribution in [1.29, 1.82) is 0 Å². The van der Waals surface area contributed by atoms with Crippen molar-refractivity contribution in [3.8, 4) is 0 Å². The number of likely N-dealkylation sites (tertiary alicyclic amines) is 1. The first-order valence-corrected chi connectivity index (χ1v) is 5.35. The van der Waals surface area contributed by atoms with E-state index in [9.17, 15) is 4.79 Å². The van der Waals surface area contributed by atoms with Crippen LogP contribution in [0.3, 0.4) is 0 Å². The quantitative estimate of drug-likeness (QED) is 0.710. The molecular formula is C11H17NO3. The summed E-state index contributed by atoms with van der Waals surface area (Å²) in [5.74, 6) is 0.605. The van der Waals surface area contributed by atoms with Crippen molar-refractivity contribution in [2.45, 2.75) is 19.3 Å². The Morgan fingerprint density at radius 3 is 2.73 bits per heavy atom. The van der Waals surface area contributed by atoms with Crippen LogP contribution in [0.4, 0.5) is 4.79 Å². The number of allylic oxidation sites excluding steroid dienone is 1. The normalized spacial score (nSPS) is 28.3. The summed E-state index contributed by atoms with van der Waals surface area (Å²) in [7, 11) is 1.65. The summed E-state index contributed by atoms with van der Waals surface area (Å²) in [4.78, 5) is 12.2. The molecule has 1 saturated heterocycles. The van der Waals surface area contributed by atoms with Crippen LogP contribution in [0.15, 0.2) is 12.3 Å². The second-order valence-corrected chi connectivity index (χ2v) is 4.51. The van der Waals surface area contributed by atoms with Gasteiger partial charge in [0.2, 0.25) is 0 Å². The molecule has 1 amide bonds. The van der Waals surface area contributed by atoms with E-state index in [1.54, 1.807) is 13.4 Å². The van der Waals surface area contributed by atoms with Gasteiger partial charge in [0, 0.05) is 13.1 Å². The lowest BCUT2D eigenvalue weighted by Gasteiger charge is -2.30. The third-order valence-electron chi connectivity index (χ3n) is 3.73. The minimum atomic E-state index is -0.783. The zero-order chi connectivity index (χ0) is 10.9. The molecule has 1 saturated carbocycles. The van der Waals surface area contributed by atoms with Gasteiger partial charge in [-0.05, 0) is 36.7 Å². The van der Waals surface area contributed by atoms with Crippen molar-refractivity contribution >= 4 is 6.09 Å². The Hall–Kier alpha value is -1.19. The summed E-state index contributed by atoms with van der Waals surface area (Å²) in [5, 5.41) is 8.83. The molecule has 0 aromatic carbocycles. The van der Waals surface area contributed by atoms with Gasteiger partial charge in [-0.2, -0.15) is 0 Å². The van der Waals surface area contributed by atoms with Gasteiger partial charge >= 0.3 is 6.09 Å². The lowest BCUT2D eigenvalue weighted by molar-refractivity contribution is 0.118. The van der Waals surface area contributed by atoms with E-state index in [1.807, 2.05) is 0 Å². The van der Waals surface area contributed by atoms with Crippen LogP contribution in [-0.4, -0.2) is 36.3 Å². The number of ether oxygens (including phenoxy) is 1. The van der Waals surface area contributed by atoms with Gasteiger partial charge in [-0.25, -0.2) is 4.79 Å². The summed E-state index contributed by atoms with van der Waals surface area (Å²) in [5.41, 5.74) is 0.390. The van der Waals surface area contributed by atoms with E-state index < -0.39 is 6.09 Å². The first kappa shape index (κ1) is 10.3. The molecule has 0 radical (unpaired) electrons. The Morgan fingerprint density at radius 2 is 2.20 bits per heavy atom. The van der Waals surface area contributed by atoms with Crippen LogP contribution >= 0.6 is 0 Å². The van der Waals surface area contributed by atoms with Crippen LogP contribution in [-0.2, 0) is 4.74 Å². The number of carboxylic acid groups (broad SMARTS) is 1. The molecule has 2 fully saturated rings. The molecule has 1 spiro atoms. The van der Waals surface area contributed by atoms with Gasteiger partial charge in [-0.3, -0.25) is 0 Å². The van der Waals surface area contributed by atoms with Gasteiger partial charge in [-0.15, -0.1) is 0 Å². The Balaban J connectivity index is 1.85. The molecule has 1 N–H and O–H groups in total. The predicted octanol–water partition coefficient (Wildman–Crippen LogP) is 1.93. The maximum Gasteiger partial charge on any atom is 0.407 e. The Kier molecular flexibility index (Phi) is 2.59. The number of hydrogen-bond donors (Lipinski definition) is 1. The highest BCUT2D eigenvalue weighted by Gasteiger charge is 2.53. The van der Waals surface area contributed by atoms with Gasteiger partial charge in [-0.1, -0.05) is 0 Å². The third-order valence-corrected chi connectivity index (χ3v) is 3.73. The number of hydrogen-bond acceptors (Lipinski definition) is 2. The highest BCUT2D eigenvalue weighted by atomic mass is 16.5. The standard InChI is InChI=1S/C11H17NO3/c1-15-7-2-9-8-11(9)3-5-12(6-4-11)10(13)14/h2,7,9H,3-6,8H2,1H3,(H,13,14)/b7-2+. The zero-order valence-corrected chi connectivity index (χ0v) is 8.98.